The topological polar surface area (TPSA) is 84.0 Å². The number of aryl methyl sites for hydroxylation is 1. The number of benzene rings is 2. The molecular weight excluding hydrogens is 338 g/mol. The van der Waals surface area contributed by atoms with Gasteiger partial charge >= 0.3 is 5.69 Å². The van der Waals surface area contributed by atoms with Crippen LogP contribution in [0.15, 0.2) is 63.0 Å². The van der Waals surface area contributed by atoms with E-state index in [0.29, 0.717) is 10.9 Å². The lowest BCUT2D eigenvalue weighted by Crippen LogP contribution is -2.31. The van der Waals surface area contributed by atoms with Gasteiger partial charge in [0.1, 0.15) is 0 Å². The van der Waals surface area contributed by atoms with Gasteiger partial charge in [-0.3, -0.25) is 19.1 Å². The molecule has 0 radical (unpaired) electrons. The second-order valence-electron chi connectivity index (χ2n) is 5.46. The molecule has 0 aliphatic rings. The average molecular weight is 355 g/mol. The molecule has 7 heteroatoms. The van der Waals surface area contributed by atoms with Crippen molar-refractivity contribution in [2.24, 2.45) is 0 Å². The van der Waals surface area contributed by atoms with E-state index in [0.717, 1.165) is 10.6 Å². The first-order chi connectivity index (χ1) is 12.1. The maximum atomic E-state index is 12.2. The van der Waals surface area contributed by atoms with Crippen molar-refractivity contribution in [3.8, 4) is 0 Å². The number of hydrogen-bond acceptors (Lipinski definition) is 4. The van der Waals surface area contributed by atoms with Crippen molar-refractivity contribution < 1.29 is 4.79 Å². The molecule has 1 amide bonds. The molecule has 0 unspecified atom stereocenters. The molecule has 0 bridgehead atoms. The van der Waals surface area contributed by atoms with Crippen LogP contribution in [0.5, 0.6) is 0 Å². The van der Waals surface area contributed by atoms with Crippen LogP contribution in [0.1, 0.15) is 6.42 Å². The predicted octanol–water partition coefficient (Wildman–Crippen LogP) is 2.44. The molecule has 1 heterocycles. The molecule has 0 atom stereocenters. The Morgan fingerprint density at radius 2 is 1.96 bits per heavy atom. The second-order valence-corrected chi connectivity index (χ2v) is 6.34. The Morgan fingerprint density at radius 1 is 1.16 bits per heavy atom. The van der Waals surface area contributed by atoms with Gasteiger partial charge in [0, 0.05) is 23.5 Å². The molecule has 2 aromatic carbocycles. The Morgan fingerprint density at radius 3 is 2.76 bits per heavy atom. The van der Waals surface area contributed by atoms with Crippen LogP contribution >= 0.6 is 11.8 Å². The van der Waals surface area contributed by atoms with Gasteiger partial charge in [0.2, 0.25) is 5.91 Å². The van der Waals surface area contributed by atoms with Crippen LogP contribution in [0.25, 0.3) is 10.9 Å². The molecule has 2 N–H and O–H groups in total. The molecule has 1 aromatic heterocycles. The van der Waals surface area contributed by atoms with Crippen LogP contribution in [0.2, 0.25) is 0 Å². The SMILES string of the molecule is CSc1cccc(NC(=O)CCn2c(=O)[nH]c(=O)c3ccccc32)c1. The first-order valence-electron chi connectivity index (χ1n) is 7.74. The summed E-state index contributed by atoms with van der Waals surface area (Å²) in [5.41, 5.74) is 0.306. The zero-order chi connectivity index (χ0) is 17.8. The van der Waals surface area contributed by atoms with E-state index in [9.17, 15) is 14.4 Å². The smallest absolute Gasteiger partial charge is 0.326 e. The summed E-state index contributed by atoms with van der Waals surface area (Å²) in [5, 5.41) is 3.25. The monoisotopic (exact) mass is 355 g/mol. The van der Waals surface area contributed by atoms with E-state index >= 15 is 0 Å². The van der Waals surface area contributed by atoms with Crippen molar-refractivity contribution in [3.05, 3.63) is 69.4 Å². The van der Waals surface area contributed by atoms with Crippen molar-refractivity contribution in [1.29, 1.82) is 0 Å². The van der Waals surface area contributed by atoms with E-state index in [2.05, 4.69) is 10.3 Å². The Labute approximate surface area is 147 Å². The Hall–Kier alpha value is -2.80. The molecule has 0 spiro atoms. The second kappa shape index (κ2) is 7.40. The number of carbonyl (C=O) groups is 1. The average Bonchev–Trinajstić information content (AvgIpc) is 2.61. The summed E-state index contributed by atoms with van der Waals surface area (Å²) in [6.07, 6.45) is 2.09. The van der Waals surface area contributed by atoms with Crippen LogP contribution in [-0.2, 0) is 11.3 Å². The highest BCUT2D eigenvalue weighted by molar-refractivity contribution is 7.98. The number of rotatable bonds is 5. The van der Waals surface area contributed by atoms with Gasteiger partial charge in [-0.05, 0) is 36.6 Å². The molecule has 0 aliphatic carbocycles. The number of carbonyl (C=O) groups excluding carboxylic acids is 1. The van der Waals surface area contributed by atoms with E-state index in [1.165, 1.54) is 4.57 Å². The van der Waals surface area contributed by atoms with E-state index in [-0.39, 0.29) is 18.9 Å². The lowest BCUT2D eigenvalue weighted by atomic mass is 10.2. The lowest BCUT2D eigenvalue weighted by Gasteiger charge is -2.10. The van der Waals surface area contributed by atoms with Gasteiger partial charge in [-0.1, -0.05) is 18.2 Å². The number of fused-ring (bicyclic) bond motifs is 1. The summed E-state index contributed by atoms with van der Waals surface area (Å²) < 4.78 is 1.41. The highest BCUT2D eigenvalue weighted by Gasteiger charge is 2.09. The van der Waals surface area contributed by atoms with E-state index in [1.54, 1.807) is 36.0 Å². The number of hydrogen-bond donors (Lipinski definition) is 2. The highest BCUT2D eigenvalue weighted by Crippen LogP contribution is 2.19. The van der Waals surface area contributed by atoms with Gasteiger partial charge < -0.3 is 5.32 Å². The lowest BCUT2D eigenvalue weighted by molar-refractivity contribution is -0.116. The van der Waals surface area contributed by atoms with Crippen molar-refractivity contribution in [2.45, 2.75) is 17.9 Å². The van der Waals surface area contributed by atoms with Crippen molar-refractivity contribution >= 4 is 34.3 Å². The third-order valence-corrected chi connectivity index (χ3v) is 4.55. The van der Waals surface area contributed by atoms with Gasteiger partial charge in [0.15, 0.2) is 0 Å². The number of nitrogens with one attached hydrogen (secondary N) is 2. The first kappa shape index (κ1) is 17.0. The molecule has 6 nitrogen and oxygen atoms in total. The molecule has 128 valence electrons. The summed E-state index contributed by atoms with van der Waals surface area (Å²) in [7, 11) is 0. The van der Waals surface area contributed by atoms with Gasteiger partial charge in [-0.2, -0.15) is 0 Å². The summed E-state index contributed by atoms with van der Waals surface area (Å²) in [6, 6.07) is 14.4. The van der Waals surface area contributed by atoms with Crippen molar-refractivity contribution in [1.82, 2.24) is 9.55 Å². The number of anilines is 1. The summed E-state index contributed by atoms with van der Waals surface area (Å²) in [6.45, 7) is 0.185. The van der Waals surface area contributed by atoms with Crippen LogP contribution in [0, 0.1) is 0 Å². The van der Waals surface area contributed by atoms with Crippen LogP contribution < -0.4 is 16.6 Å². The number of para-hydroxylation sites is 1. The molecule has 3 aromatic rings. The number of aromatic amines is 1. The van der Waals surface area contributed by atoms with Crippen LogP contribution in [0.3, 0.4) is 0 Å². The van der Waals surface area contributed by atoms with Crippen molar-refractivity contribution in [2.75, 3.05) is 11.6 Å². The normalized spacial score (nSPS) is 10.8. The fourth-order valence-corrected chi connectivity index (χ4v) is 3.06. The molecule has 0 saturated heterocycles. The highest BCUT2D eigenvalue weighted by atomic mass is 32.2. The number of aromatic nitrogens is 2. The quantitative estimate of drug-likeness (QED) is 0.689. The molecule has 25 heavy (non-hydrogen) atoms. The largest absolute Gasteiger partial charge is 0.328 e. The summed E-state index contributed by atoms with van der Waals surface area (Å²) in [4.78, 5) is 39.5. The van der Waals surface area contributed by atoms with Gasteiger partial charge in [0.05, 0.1) is 10.9 Å². The minimum atomic E-state index is -0.513. The standard InChI is InChI=1S/C18H17N3O3S/c1-25-13-6-4-5-12(11-13)19-16(22)9-10-21-15-8-3-2-7-14(15)17(23)20-18(21)24/h2-8,11H,9-10H2,1H3,(H,19,22)(H,20,23,24). The zero-order valence-corrected chi connectivity index (χ0v) is 14.4. The Bertz CT molecular complexity index is 1040. The first-order valence-corrected chi connectivity index (χ1v) is 8.97. The third kappa shape index (κ3) is 3.83. The van der Waals surface area contributed by atoms with Crippen LogP contribution in [-0.4, -0.2) is 21.7 Å². The maximum Gasteiger partial charge on any atom is 0.328 e. The zero-order valence-electron chi connectivity index (χ0n) is 13.6. The minimum Gasteiger partial charge on any atom is -0.326 e. The van der Waals surface area contributed by atoms with Gasteiger partial charge in [0.25, 0.3) is 5.56 Å². The summed E-state index contributed by atoms with van der Waals surface area (Å²) >= 11 is 1.59. The van der Waals surface area contributed by atoms with E-state index < -0.39 is 11.2 Å². The Balaban J connectivity index is 1.77. The molecule has 3 rings (SSSR count). The molecule has 0 aliphatic heterocycles. The van der Waals surface area contributed by atoms with Crippen LogP contribution in [0.4, 0.5) is 5.69 Å². The molecular formula is C18H17N3O3S. The fraction of sp³-hybridized carbons (Fsp3) is 0.167. The predicted molar refractivity (Wildman–Crippen MR) is 100 cm³/mol. The van der Waals surface area contributed by atoms with Gasteiger partial charge in [-0.25, -0.2) is 4.79 Å². The third-order valence-electron chi connectivity index (χ3n) is 3.82. The van der Waals surface area contributed by atoms with E-state index in [4.69, 9.17) is 0 Å². The Kier molecular flexibility index (Phi) is 5.04. The number of amides is 1. The fourth-order valence-electron chi connectivity index (χ4n) is 2.60. The van der Waals surface area contributed by atoms with E-state index in [1.807, 2.05) is 30.5 Å². The van der Waals surface area contributed by atoms with Crippen molar-refractivity contribution in [3.63, 3.8) is 0 Å². The number of nitrogens with zero attached hydrogens (tertiary/aromatic N) is 1. The summed E-state index contributed by atoms with van der Waals surface area (Å²) in [5.74, 6) is -0.194. The number of thioether (sulfide) groups is 1. The van der Waals surface area contributed by atoms with Gasteiger partial charge in [-0.15, -0.1) is 11.8 Å². The molecule has 0 fully saturated rings. The molecule has 0 saturated carbocycles. The number of H-pyrrole nitrogens is 1. The maximum absolute atomic E-state index is 12.2. The minimum absolute atomic E-state index is 0.124.